The normalized spacial score (nSPS) is 33.2. The maximum absolute atomic E-state index is 11.5. The average Bonchev–Trinajstić information content (AvgIpc) is 2.46. The molecule has 0 radical (unpaired) electrons. The molecule has 0 fully saturated rings. The van der Waals surface area contributed by atoms with E-state index in [9.17, 15) is 9.90 Å². The van der Waals surface area contributed by atoms with E-state index in [1.165, 1.54) is 0 Å². The van der Waals surface area contributed by atoms with Crippen molar-refractivity contribution in [2.75, 3.05) is 0 Å². The molecule has 1 N–H and O–H groups in total. The lowest BCUT2D eigenvalue weighted by molar-refractivity contribution is -0.117. The van der Waals surface area contributed by atoms with E-state index in [1.807, 2.05) is 6.92 Å². The topological polar surface area (TPSA) is 46.5 Å². The summed E-state index contributed by atoms with van der Waals surface area (Å²) in [5.41, 5.74) is 0.854. The van der Waals surface area contributed by atoms with E-state index in [0.717, 1.165) is 17.8 Å². The Labute approximate surface area is 77.4 Å². The Morgan fingerprint density at radius 3 is 3.00 bits per heavy atom. The van der Waals surface area contributed by atoms with Gasteiger partial charge in [-0.25, -0.2) is 0 Å². The van der Waals surface area contributed by atoms with Gasteiger partial charge in [0.05, 0.1) is 0 Å². The van der Waals surface area contributed by atoms with Gasteiger partial charge >= 0.3 is 0 Å². The monoisotopic (exact) mass is 182 g/mol. The summed E-state index contributed by atoms with van der Waals surface area (Å²) in [7, 11) is 0. The molecule has 1 aliphatic carbocycles. The molecular formula is C10H14O3. The van der Waals surface area contributed by atoms with E-state index in [2.05, 4.69) is 0 Å². The van der Waals surface area contributed by atoms with Gasteiger partial charge in [-0.2, -0.15) is 0 Å². The minimum absolute atomic E-state index is 0.216. The van der Waals surface area contributed by atoms with Crippen LogP contribution in [0.2, 0.25) is 0 Å². The first-order valence-corrected chi connectivity index (χ1v) is 4.83. The summed E-state index contributed by atoms with van der Waals surface area (Å²) in [5.74, 6) is 1.18. The van der Waals surface area contributed by atoms with Crippen molar-refractivity contribution >= 4 is 5.78 Å². The standard InChI is InChI=1S/C10H14O3/c1-2-6-5-9(12)13-8-4-3-7(11)10(6)8/h6,9,12H,2-5H2,1H3. The van der Waals surface area contributed by atoms with Gasteiger partial charge in [-0.1, -0.05) is 6.92 Å². The first kappa shape index (κ1) is 8.75. The van der Waals surface area contributed by atoms with Crippen LogP contribution in [-0.4, -0.2) is 17.2 Å². The third-order valence-electron chi connectivity index (χ3n) is 2.85. The number of hydrogen-bond donors (Lipinski definition) is 1. The lowest BCUT2D eigenvalue weighted by Gasteiger charge is -2.27. The number of allylic oxidation sites excluding steroid dienone is 2. The van der Waals surface area contributed by atoms with Gasteiger partial charge in [0, 0.05) is 24.8 Å². The third kappa shape index (κ3) is 1.37. The van der Waals surface area contributed by atoms with Crippen molar-refractivity contribution in [1.82, 2.24) is 0 Å². The van der Waals surface area contributed by atoms with Crippen LogP contribution in [0.5, 0.6) is 0 Å². The lowest BCUT2D eigenvalue weighted by atomic mass is 9.90. The Morgan fingerprint density at radius 1 is 1.54 bits per heavy atom. The van der Waals surface area contributed by atoms with Crippen LogP contribution in [0.15, 0.2) is 11.3 Å². The first-order chi connectivity index (χ1) is 6.22. The summed E-state index contributed by atoms with van der Waals surface area (Å²) in [6.07, 6.45) is 2.02. The Bertz CT molecular complexity index is 267. The smallest absolute Gasteiger partial charge is 0.197 e. The number of rotatable bonds is 1. The minimum Gasteiger partial charge on any atom is -0.469 e. The predicted molar refractivity (Wildman–Crippen MR) is 46.8 cm³/mol. The molecule has 3 nitrogen and oxygen atoms in total. The molecule has 2 rings (SSSR count). The molecule has 0 spiro atoms. The largest absolute Gasteiger partial charge is 0.469 e. The number of carbonyl (C=O) groups excluding carboxylic acids is 1. The van der Waals surface area contributed by atoms with Crippen molar-refractivity contribution in [2.24, 2.45) is 5.92 Å². The fourth-order valence-corrected chi connectivity index (χ4v) is 2.17. The lowest BCUT2D eigenvalue weighted by Crippen LogP contribution is -2.25. The number of Topliss-reactive ketones (excluding diaryl/α,β-unsaturated/α-hetero) is 1. The van der Waals surface area contributed by atoms with Gasteiger partial charge in [0.1, 0.15) is 5.76 Å². The van der Waals surface area contributed by atoms with E-state index in [0.29, 0.717) is 19.3 Å². The number of ether oxygens (including phenoxy) is 1. The molecule has 0 aromatic carbocycles. The number of hydrogen-bond acceptors (Lipinski definition) is 3. The van der Waals surface area contributed by atoms with Crippen molar-refractivity contribution in [1.29, 1.82) is 0 Å². The average molecular weight is 182 g/mol. The van der Waals surface area contributed by atoms with Crippen LogP contribution in [0.1, 0.15) is 32.6 Å². The molecule has 2 atom stereocenters. The second-order valence-electron chi connectivity index (χ2n) is 3.67. The highest BCUT2D eigenvalue weighted by Crippen LogP contribution is 2.38. The van der Waals surface area contributed by atoms with Crippen molar-refractivity contribution < 1.29 is 14.6 Å². The van der Waals surface area contributed by atoms with Crippen molar-refractivity contribution in [3.8, 4) is 0 Å². The predicted octanol–water partition coefficient (Wildman–Crippen LogP) is 1.37. The molecule has 0 saturated carbocycles. The fourth-order valence-electron chi connectivity index (χ4n) is 2.17. The molecule has 1 heterocycles. The zero-order chi connectivity index (χ0) is 9.42. The zero-order valence-corrected chi connectivity index (χ0v) is 7.75. The van der Waals surface area contributed by atoms with Gasteiger partial charge in [0.2, 0.25) is 0 Å². The molecular weight excluding hydrogens is 168 g/mol. The molecule has 0 saturated heterocycles. The summed E-state index contributed by atoms with van der Waals surface area (Å²) in [6.45, 7) is 2.04. The molecule has 0 aromatic rings. The SMILES string of the molecule is CCC1CC(O)OC2=C1C(=O)CC2. The molecule has 1 aliphatic heterocycles. The van der Waals surface area contributed by atoms with Gasteiger partial charge in [-0.05, 0) is 12.3 Å². The minimum atomic E-state index is -0.699. The van der Waals surface area contributed by atoms with E-state index in [-0.39, 0.29) is 11.7 Å². The van der Waals surface area contributed by atoms with Crippen molar-refractivity contribution in [3.63, 3.8) is 0 Å². The molecule has 3 heteroatoms. The third-order valence-corrected chi connectivity index (χ3v) is 2.85. The fraction of sp³-hybridized carbons (Fsp3) is 0.700. The summed E-state index contributed by atoms with van der Waals surface area (Å²) in [5, 5.41) is 9.38. The highest BCUT2D eigenvalue weighted by molar-refractivity contribution is 5.98. The van der Waals surface area contributed by atoms with Crippen LogP contribution in [0.4, 0.5) is 0 Å². The number of aliphatic hydroxyl groups excluding tert-OH is 1. The van der Waals surface area contributed by atoms with Crippen LogP contribution in [0, 0.1) is 5.92 Å². The quantitative estimate of drug-likeness (QED) is 0.666. The van der Waals surface area contributed by atoms with E-state index in [4.69, 9.17) is 4.74 Å². The maximum Gasteiger partial charge on any atom is 0.197 e. The second-order valence-corrected chi connectivity index (χ2v) is 3.67. The summed E-state index contributed by atoms with van der Waals surface area (Å²) in [4.78, 5) is 11.5. The Balaban J connectivity index is 2.30. The first-order valence-electron chi connectivity index (χ1n) is 4.83. The van der Waals surface area contributed by atoms with Gasteiger partial charge in [0.25, 0.3) is 0 Å². The summed E-state index contributed by atoms with van der Waals surface area (Å²) in [6, 6.07) is 0. The number of aliphatic hydroxyl groups is 1. The Morgan fingerprint density at radius 2 is 2.31 bits per heavy atom. The molecule has 13 heavy (non-hydrogen) atoms. The Hall–Kier alpha value is -0.830. The molecule has 2 aliphatic rings. The van der Waals surface area contributed by atoms with Gasteiger partial charge in [-0.15, -0.1) is 0 Å². The van der Waals surface area contributed by atoms with Crippen LogP contribution in [0.25, 0.3) is 0 Å². The molecule has 0 aromatic heterocycles. The number of carbonyl (C=O) groups is 1. The molecule has 2 unspecified atom stereocenters. The van der Waals surface area contributed by atoms with Crippen LogP contribution < -0.4 is 0 Å². The van der Waals surface area contributed by atoms with Gasteiger partial charge < -0.3 is 9.84 Å². The van der Waals surface area contributed by atoms with Gasteiger partial charge in [0.15, 0.2) is 12.1 Å². The highest BCUT2D eigenvalue weighted by atomic mass is 16.6. The molecule has 72 valence electrons. The summed E-state index contributed by atoms with van der Waals surface area (Å²) < 4.78 is 5.23. The van der Waals surface area contributed by atoms with Crippen LogP contribution in [-0.2, 0) is 9.53 Å². The zero-order valence-electron chi connectivity index (χ0n) is 7.75. The maximum atomic E-state index is 11.5. The van der Waals surface area contributed by atoms with Crippen LogP contribution in [0.3, 0.4) is 0 Å². The van der Waals surface area contributed by atoms with E-state index < -0.39 is 6.29 Å². The van der Waals surface area contributed by atoms with Crippen molar-refractivity contribution in [3.05, 3.63) is 11.3 Å². The van der Waals surface area contributed by atoms with Gasteiger partial charge in [-0.3, -0.25) is 4.79 Å². The summed E-state index contributed by atoms with van der Waals surface area (Å²) >= 11 is 0. The molecule has 0 bridgehead atoms. The Kier molecular flexibility index (Phi) is 2.12. The second kappa shape index (κ2) is 3.14. The highest BCUT2D eigenvalue weighted by Gasteiger charge is 2.36. The van der Waals surface area contributed by atoms with E-state index in [1.54, 1.807) is 0 Å². The molecule has 0 amide bonds. The number of ketones is 1. The van der Waals surface area contributed by atoms with Crippen molar-refractivity contribution in [2.45, 2.75) is 38.9 Å². The van der Waals surface area contributed by atoms with Crippen LogP contribution >= 0.6 is 0 Å². The van der Waals surface area contributed by atoms with E-state index >= 15 is 0 Å².